The van der Waals surface area contributed by atoms with Gasteiger partial charge in [-0.3, -0.25) is 0 Å². The molecule has 0 saturated heterocycles. The summed E-state index contributed by atoms with van der Waals surface area (Å²) in [5, 5.41) is 7.36. The van der Waals surface area contributed by atoms with Crippen molar-refractivity contribution in [2.75, 3.05) is 11.1 Å². The fraction of sp³-hybridized carbons (Fsp3) is 0. The first kappa shape index (κ1) is 15.1. The lowest BCUT2D eigenvalue weighted by atomic mass is 10.2. The number of hydrogen-bond acceptors (Lipinski definition) is 4. The van der Waals surface area contributed by atoms with Gasteiger partial charge in [0.15, 0.2) is 17.5 Å². The van der Waals surface area contributed by atoms with E-state index in [0.717, 1.165) is 24.3 Å². The van der Waals surface area contributed by atoms with E-state index >= 15 is 0 Å². The van der Waals surface area contributed by atoms with Crippen molar-refractivity contribution in [2.24, 2.45) is 5.14 Å². The lowest BCUT2D eigenvalue weighted by Gasteiger charge is -2.12. The molecule has 21 heavy (non-hydrogen) atoms. The first-order valence-corrected chi connectivity index (χ1v) is 7.07. The van der Waals surface area contributed by atoms with Crippen molar-refractivity contribution in [3.05, 3.63) is 47.8 Å². The fourth-order valence-corrected chi connectivity index (χ4v) is 2.13. The van der Waals surface area contributed by atoms with E-state index in [1.165, 1.54) is 6.07 Å². The minimum absolute atomic E-state index is 0.00793. The monoisotopic (exact) mass is 317 g/mol. The summed E-state index contributed by atoms with van der Waals surface area (Å²) in [5.41, 5.74) is 5.28. The summed E-state index contributed by atoms with van der Waals surface area (Å²) in [6.07, 6.45) is 0. The molecule has 0 unspecified atom stereocenters. The van der Waals surface area contributed by atoms with Crippen molar-refractivity contribution in [1.29, 1.82) is 0 Å². The predicted octanol–water partition coefficient (Wildman–Crippen LogP) is 2.08. The van der Waals surface area contributed by atoms with Crippen molar-refractivity contribution in [1.82, 2.24) is 0 Å². The van der Waals surface area contributed by atoms with E-state index in [9.17, 15) is 21.6 Å². The molecule has 0 radical (unpaired) electrons. The van der Waals surface area contributed by atoms with Gasteiger partial charge in [0.25, 0.3) is 0 Å². The lowest BCUT2D eigenvalue weighted by Crippen LogP contribution is -2.12. The molecule has 2 aromatic rings. The van der Waals surface area contributed by atoms with Gasteiger partial charge in [0.05, 0.1) is 22.0 Å². The minimum atomic E-state index is -3.98. The van der Waals surface area contributed by atoms with Crippen molar-refractivity contribution in [3.63, 3.8) is 0 Å². The summed E-state index contributed by atoms with van der Waals surface area (Å²) in [4.78, 5) is -0.262. The first-order valence-electron chi connectivity index (χ1n) is 5.53. The number of nitrogen functional groups attached to an aromatic ring is 1. The molecule has 0 aliphatic carbocycles. The standard InChI is InChI=1S/C12H10F3N3O2S/c13-7-2-4-9(12(15)11(7)14)18-10-5-6(21(17,19)20)1-3-8(10)16/h1-5,18H,16H2,(H2,17,19,20). The number of halogens is 3. The van der Waals surface area contributed by atoms with Crippen LogP contribution in [0.25, 0.3) is 0 Å². The molecule has 2 aromatic carbocycles. The van der Waals surface area contributed by atoms with Crippen LogP contribution in [0.4, 0.5) is 30.2 Å². The molecule has 0 heterocycles. The highest BCUT2D eigenvalue weighted by Gasteiger charge is 2.15. The zero-order valence-corrected chi connectivity index (χ0v) is 11.2. The Hall–Kier alpha value is -2.26. The van der Waals surface area contributed by atoms with Gasteiger partial charge in [0.2, 0.25) is 10.0 Å². The fourth-order valence-electron chi connectivity index (χ4n) is 1.59. The van der Waals surface area contributed by atoms with Gasteiger partial charge >= 0.3 is 0 Å². The molecule has 0 spiro atoms. The van der Waals surface area contributed by atoms with E-state index in [1.807, 2.05) is 0 Å². The van der Waals surface area contributed by atoms with Gasteiger partial charge in [-0.2, -0.15) is 0 Å². The number of rotatable bonds is 3. The SMILES string of the molecule is Nc1ccc(S(N)(=O)=O)cc1Nc1ccc(F)c(F)c1F. The highest BCUT2D eigenvalue weighted by Crippen LogP contribution is 2.28. The number of benzene rings is 2. The van der Waals surface area contributed by atoms with Crippen molar-refractivity contribution < 1.29 is 21.6 Å². The maximum Gasteiger partial charge on any atom is 0.238 e. The Balaban J connectivity index is 2.47. The summed E-state index contributed by atoms with van der Waals surface area (Å²) in [5.74, 6) is -4.44. The zero-order valence-electron chi connectivity index (χ0n) is 10.4. The third-order valence-corrected chi connectivity index (χ3v) is 3.57. The van der Waals surface area contributed by atoms with Crippen LogP contribution < -0.4 is 16.2 Å². The number of primary sulfonamides is 1. The summed E-state index contributed by atoms with van der Waals surface area (Å²) in [6, 6.07) is 5.14. The first-order chi connectivity index (χ1) is 9.70. The molecule has 9 heteroatoms. The van der Waals surface area contributed by atoms with Gasteiger partial charge < -0.3 is 11.1 Å². The van der Waals surface area contributed by atoms with E-state index in [2.05, 4.69) is 5.32 Å². The third kappa shape index (κ3) is 3.09. The molecule has 0 aliphatic rings. The van der Waals surface area contributed by atoms with Gasteiger partial charge in [-0.15, -0.1) is 0 Å². The Morgan fingerprint density at radius 1 is 0.952 bits per heavy atom. The molecule has 0 saturated carbocycles. The Labute approximate surface area is 118 Å². The molecular formula is C12H10F3N3O2S. The average molecular weight is 317 g/mol. The highest BCUT2D eigenvalue weighted by atomic mass is 32.2. The second-order valence-electron chi connectivity index (χ2n) is 4.14. The number of nitrogens with two attached hydrogens (primary N) is 2. The summed E-state index contributed by atoms with van der Waals surface area (Å²) < 4.78 is 62.0. The number of sulfonamides is 1. The van der Waals surface area contributed by atoms with Crippen LogP contribution in [0, 0.1) is 17.5 Å². The maximum atomic E-state index is 13.6. The maximum absolute atomic E-state index is 13.6. The van der Waals surface area contributed by atoms with E-state index in [-0.39, 0.29) is 16.3 Å². The largest absolute Gasteiger partial charge is 0.397 e. The van der Waals surface area contributed by atoms with E-state index in [4.69, 9.17) is 10.9 Å². The van der Waals surface area contributed by atoms with Crippen LogP contribution in [0.3, 0.4) is 0 Å². The van der Waals surface area contributed by atoms with Gasteiger partial charge in [0.1, 0.15) is 0 Å². The normalized spacial score (nSPS) is 11.4. The minimum Gasteiger partial charge on any atom is -0.397 e. The van der Waals surface area contributed by atoms with E-state index in [1.54, 1.807) is 0 Å². The van der Waals surface area contributed by atoms with Gasteiger partial charge in [0, 0.05) is 0 Å². The van der Waals surface area contributed by atoms with E-state index in [0.29, 0.717) is 0 Å². The Morgan fingerprint density at radius 3 is 2.24 bits per heavy atom. The molecule has 0 atom stereocenters. The van der Waals surface area contributed by atoms with Crippen LogP contribution in [0.1, 0.15) is 0 Å². The Bertz CT molecular complexity index is 810. The van der Waals surface area contributed by atoms with Gasteiger partial charge in [-0.1, -0.05) is 0 Å². The molecular weight excluding hydrogens is 307 g/mol. The van der Waals surface area contributed by atoms with Crippen LogP contribution in [0.2, 0.25) is 0 Å². The molecule has 0 bridgehead atoms. The van der Waals surface area contributed by atoms with Gasteiger partial charge in [-0.25, -0.2) is 26.7 Å². The van der Waals surface area contributed by atoms with Crippen LogP contribution in [-0.2, 0) is 10.0 Å². The Kier molecular flexibility index (Phi) is 3.79. The van der Waals surface area contributed by atoms with Crippen molar-refractivity contribution in [3.8, 4) is 0 Å². The molecule has 0 fully saturated rings. The summed E-state index contributed by atoms with van der Waals surface area (Å²) >= 11 is 0. The van der Waals surface area contributed by atoms with Crippen molar-refractivity contribution >= 4 is 27.1 Å². The summed E-state index contributed by atoms with van der Waals surface area (Å²) in [7, 11) is -3.98. The van der Waals surface area contributed by atoms with Crippen LogP contribution in [0.15, 0.2) is 35.2 Å². The Morgan fingerprint density at radius 2 is 1.62 bits per heavy atom. The quantitative estimate of drug-likeness (QED) is 0.596. The predicted molar refractivity (Wildman–Crippen MR) is 71.8 cm³/mol. The van der Waals surface area contributed by atoms with Crippen molar-refractivity contribution in [2.45, 2.75) is 4.90 Å². The highest BCUT2D eigenvalue weighted by molar-refractivity contribution is 7.89. The molecule has 5 N–H and O–H groups in total. The second kappa shape index (κ2) is 5.26. The van der Waals surface area contributed by atoms with Crippen LogP contribution >= 0.6 is 0 Å². The number of hydrogen-bond donors (Lipinski definition) is 3. The topological polar surface area (TPSA) is 98.2 Å². The third-order valence-electron chi connectivity index (χ3n) is 2.66. The van der Waals surface area contributed by atoms with E-state index < -0.39 is 33.2 Å². The second-order valence-corrected chi connectivity index (χ2v) is 5.70. The number of nitrogens with one attached hydrogen (secondary N) is 1. The van der Waals surface area contributed by atoms with Crippen LogP contribution in [-0.4, -0.2) is 8.42 Å². The smallest absolute Gasteiger partial charge is 0.238 e. The molecule has 5 nitrogen and oxygen atoms in total. The van der Waals surface area contributed by atoms with Gasteiger partial charge in [-0.05, 0) is 30.3 Å². The molecule has 112 valence electrons. The molecule has 0 aliphatic heterocycles. The summed E-state index contributed by atoms with van der Waals surface area (Å²) in [6.45, 7) is 0. The molecule has 2 rings (SSSR count). The average Bonchev–Trinajstić information content (AvgIpc) is 2.40. The number of anilines is 3. The molecule has 0 aromatic heterocycles. The zero-order chi connectivity index (χ0) is 15.8. The lowest BCUT2D eigenvalue weighted by molar-refractivity contribution is 0.449. The molecule has 0 amide bonds. The van der Waals surface area contributed by atoms with Crippen LogP contribution in [0.5, 0.6) is 0 Å².